The number of carbonyl (C=O) groups is 1. The van der Waals surface area contributed by atoms with Crippen LogP contribution in [0.4, 0.5) is 5.69 Å². The van der Waals surface area contributed by atoms with Crippen molar-refractivity contribution in [1.29, 1.82) is 0 Å². The molecule has 1 amide bonds. The van der Waals surface area contributed by atoms with Gasteiger partial charge in [0.2, 0.25) is 5.91 Å². The third-order valence-corrected chi connectivity index (χ3v) is 8.22. The van der Waals surface area contributed by atoms with Crippen LogP contribution in [-0.4, -0.2) is 48.1 Å². The van der Waals surface area contributed by atoms with Gasteiger partial charge in [-0.05, 0) is 105 Å². The van der Waals surface area contributed by atoms with Crippen LogP contribution >= 0.6 is 0 Å². The van der Waals surface area contributed by atoms with E-state index in [0.29, 0.717) is 12.2 Å². The Hall–Kier alpha value is -2.57. The van der Waals surface area contributed by atoms with Gasteiger partial charge in [-0.3, -0.25) is 9.69 Å². The second-order valence-corrected chi connectivity index (χ2v) is 11.0. The van der Waals surface area contributed by atoms with Gasteiger partial charge in [0.15, 0.2) is 0 Å². The summed E-state index contributed by atoms with van der Waals surface area (Å²) < 4.78 is 0. The lowest BCUT2D eigenvalue weighted by Gasteiger charge is -2.30. The highest BCUT2D eigenvalue weighted by molar-refractivity contribution is 5.83. The number of nitrogens with one attached hydrogen (secondary N) is 3. The van der Waals surface area contributed by atoms with Crippen LogP contribution in [0.1, 0.15) is 78.8 Å². The number of phenolic OH excluding ortho intramolecular Hbond substituents is 1. The van der Waals surface area contributed by atoms with E-state index in [9.17, 15) is 9.90 Å². The lowest BCUT2D eigenvalue weighted by molar-refractivity contribution is -0.123. The summed E-state index contributed by atoms with van der Waals surface area (Å²) in [6.07, 6.45) is 10.4. The van der Waals surface area contributed by atoms with Crippen LogP contribution in [0.15, 0.2) is 30.3 Å². The molecule has 4 N–H and O–H groups in total. The molecule has 194 valence electrons. The van der Waals surface area contributed by atoms with E-state index >= 15 is 0 Å². The van der Waals surface area contributed by atoms with Crippen LogP contribution in [-0.2, 0) is 24.2 Å². The van der Waals surface area contributed by atoms with Crippen LogP contribution in [0.25, 0.3) is 0 Å². The lowest BCUT2D eigenvalue weighted by Crippen LogP contribution is -2.47. The number of phenols is 1. The monoisotopic (exact) mass is 490 g/mol. The number of aryl methyl sites for hydroxylation is 1. The third-order valence-electron chi connectivity index (χ3n) is 8.22. The van der Waals surface area contributed by atoms with Gasteiger partial charge in [-0.2, -0.15) is 0 Å². The summed E-state index contributed by atoms with van der Waals surface area (Å²) >= 11 is 0. The second kappa shape index (κ2) is 11.7. The number of nitrogens with zero attached hydrogens (tertiary/aromatic N) is 1. The Morgan fingerprint density at radius 3 is 2.64 bits per heavy atom. The van der Waals surface area contributed by atoms with Crippen molar-refractivity contribution in [3.8, 4) is 5.75 Å². The summed E-state index contributed by atoms with van der Waals surface area (Å²) in [6.45, 7) is 6.97. The molecule has 0 radical (unpaired) electrons. The summed E-state index contributed by atoms with van der Waals surface area (Å²) in [5.41, 5.74) is 7.09. The molecule has 2 aromatic carbocycles. The minimum Gasteiger partial charge on any atom is -0.508 e. The molecule has 0 spiro atoms. The SMILES string of the molecule is Cc1cc(O)cc2c1CC(C(=O)NC1CCNc3ccc(CN4CCCCCCCC4)cc31)NCC2. The molecule has 0 bridgehead atoms. The van der Waals surface area contributed by atoms with E-state index in [4.69, 9.17) is 0 Å². The maximum Gasteiger partial charge on any atom is 0.237 e. The zero-order valence-corrected chi connectivity index (χ0v) is 21.7. The first-order chi connectivity index (χ1) is 17.6. The summed E-state index contributed by atoms with van der Waals surface area (Å²) in [4.78, 5) is 16.1. The number of aromatic hydroxyl groups is 1. The Kier molecular flexibility index (Phi) is 8.12. The summed E-state index contributed by atoms with van der Waals surface area (Å²) in [5.74, 6) is 0.376. The number of anilines is 1. The van der Waals surface area contributed by atoms with Crippen LogP contribution < -0.4 is 16.0 Å². The van der Waals surface area contributed by atoms with E-state index in [1.165, 1.54) is 68.3 Å². The van der Waals surface area contributed by atoms with Gasteiger partial charge in [0.25, 0.3) is 0 Å². The number of hydrogen-bond acceptors (Lipinski definition) is 5. The number of fused-ring (bicyclic) bond motifs is 2. The van der Waals surface area contributed by atoms with Gasteiger partial charge in [0.1, 0.15) is 5.75 Å². The Bertz CT molecular complexity index is 1060. The maximum absolute atomic E-state index is 13.5. The van der Waals surface area contributed by atoms with E-state index in [-0.39, 0.29) is 18.0 Å². The molecule has 0 aromatic heterocycles. The number of amides is 1. The molecule has 2 unspecified atom stereocenters. The van der Waals surface area contributed by atoms with Gasteiger partial charge in [0.05, 0.1) is 12.1 Å². The minimum atomic E-state index is -0.263. The second-order valence-electron chi connectivity index (χ2n) is 11.0. The molecular formula is C30H42N4O2. The molecule has 3 aliphatic heterocycles. The standard InChI is InChI=1S/C30H42N4O2/c1-21-16-24(35)18-23-10-12-32-29(19-25(21)23)30(36)33-28-11-13-31-27-9-8-22(17-26(27)28)20-34-14-6-4-2-3-5-7-15-34/h8-9,16-18,28-29,31-32,35H,2-7,10-15,19-20H2,1H3,(H,33,36). The van der Waals surface area contributed by atoms with Crippen molar-refractivity contribution >= 4 is 11.6 Å². The fourth-order valence-corrected chi connectivity index (χ4v) is 6.22. The molecule has 1 fully saturated rings. The van der Waals surface area contributed by atoms with Gasteiger partial charge < -0.3 is 21.1 Å². The molecule has 1 saturated heterocycles. The summed E-state index contributed by atoms with van der Waals surface area (Å²) in [7, 11) is 0. The molecule has 6 heteroatoms. The zero-order chi connectivity index (χ0) is 24.9. The van der Waals surface area contributed by atoms with Crippen molar-refractivity contribution < 1.29 is 9.90 Å². The largest absolute Gasteiger partial charge is 0.508 e. The van der Waals surface area contributed by atoms with Gasteiger partial charge in [-0.15, -0.1) is 0 Å². The molecule has 36 heavy (non-hydrogen) atoms. The Labute approximate surface area is 215 Å². The smallest absolute Gasteiger partial charge is 0.237 e. The quantitative estimate of drug-likeness (QED) is 0.505. The average molecular weight is 491 g/mol. The van der Waals surface area contributed by atoms with Crippen LogP contribution in [0, 0.1) is 6.92 Å². The number of benzene rings is 2. The molecule has 0 saturated carbocycles. The average Bonchev–Trinajstić information content (AvgIpc) is 2.99. The van der Waals surface area contributed by atoms with Crippen LogP contribution in [0.3, 0.4) is 0 Å². The van der Waals surface area contributed by atoms with Gasteiger partial charge in [-0.1, -0.05) is 37.8 Å². The van der Waals surface area contributed by atoms with Crippen molar-refractivity contribution in [2.75, 3.05) is 31.5 Å². The fourth-order valence-electron chi connectivity index (χ4n) is 6.22. The molecule has 3 aliphatic rings. The maximum atomic E-state index is 13.5. The molecular weight excluding hydrogens is 448 g/mol. The molecule has 3 heterocycles. The number of rotatable bonds is 4. The summed E-state index contributed by atoms with van der Waals surface area (Å²) in [5, 5.41) is 20.4. The first kappa shape index (κ1) is 25.1. The van der Waals surface area contributed by atoms with E-state index < -0.39 is 0 Å². The van der Waals surface area contributed by atoms with Gasteiger partial charge >= 0.3 is 0 Å². The highest BCUT2D eigenvalue weighted by Gasteiger charge is 2.28. The highest BCUT2D eigenvalue weighted by atomic mass is 16.3. The van der Waals surface area contributed by atoms with Crippen molar-refractivity contribution in [2.45, 2.75) is 83.3 Å². The zero-order valence-electron chi connectivity index (χ0n) is 21.7. The van der Waals surface area contributed by atoms with E-state index in [2.05, 4.69) is 39.0 Å². The Balaban J connectivity index is 1.28. The Morgan fingerprint density at radius 2 is 1.83 bits per heavy atom. The first-order valence-electron chi connectivity index (χ1n) is 14.0. The fraction of sp³-hybridized carbons (Fsp3) is 0.567. The van der Waals surface area contributed by atoms with Gasteiger partial charge in [0, 0.05) is 18.8 Å². The van der Waals surface area contributed by atoms with Gasteiger partial charge in [-0.25, -0.2) is 0 Å². The lowest BCUT2D eigenvalue weighted by atomic mass is 9.93. The molecule has 2 aromatic rings. The van der Waals surface area contributed by atoms with Crippen molar-refractivity contribution in [3.63, 3.8) is 0 Å². The number of carbonyl (C=O) groups excluding carboxylic acids is 1. The van der Waals surface area contributed by atoms with E-state index in [1.54, 1.807) is 6.07 Å². The highest BCUT2D eigenvalue weighted by Crippen LogP contribution is 2.32. The Morgan fingerprint density at radius 1 is 1.06 bits per heavy atom. The van der Waals surface area contributed by atoms with E-state index in [0.717, 1.165) is 49.3 Å². The number of hydrogen-bond donors (Lipinski definition) is 4. The van der Waals surface area contributed by atoms with Crippen molar-refractivity contribution in [3.05, 3.63) is 58.1 Å². The third kappa shape index (κ3) is 6.04. The van der Waals surface area contributed by atoms with Crippen molar-refractivity contribution in [1.82, 2.24) is 15.5 Å². The van der Waals surface area contributed by atoms with Crippen LogP contribution in [0.5, 0.6) is 5.75 Å². The van der Waals surface area contributed by atoms with Crippen LogP contribution in [0.2, 0.25) is 0 Å². The molecule has 6 nitrogen and oxygen atoms in total. The predicted octanol–water partition coefficient (Wildman–Crippen LogP) is 4.59. The topological polar surface area (TPSA) is 76.6 Å². The molecule has 0 aliphatic carbocycles. The molecule has 2 atom stereocenters. The first-order valence-corrected chi connectivity index (χ1v) is 14.0. The van der Waals surface area contributed by atoms with E-state index in [1.807, 2.05) is 13.0 Å². The normalized spacial score (nSPS) is 23.1. The summed E-state index contributed by atoms with van der Waals surface area (Å²) in [6, 6.07) is 10.2. The minimum absolute atomic E-state index is 0.0228. The predicted molar refractivity (Wildman–Crippen MR) is 145 cm³/mol. The van der Waals surface area contributed by atoms with Crippen molar-refractivity contribution in [2.24, 2.45) is 0 Å². The molecule has 5 rings (SSSR count).